The van der Waals surface area contributed by atoms with E-state index in [1.807, 2.05) is 24.3 Å². The van der Waals surface area contributed by atoms with Gasteiger partial charge in [-0.05, 0) is 43.0 Å². The molecule has 1 atom stereocenters. The maximum atomic E-state index is 12.0. The highest BCUT2D eigenvalue weighted by molar-refractivity contribution is 7.99. The Kier molecular flexibility index (Phi) is 5.15. The number of amides is 1. The monoisotopic (exact) mass is 348 g/mol. The highest BCUT2D eigenvalue weighted by Crippen LogP contribution is 2.32. The average molecular weight is 349 g/mol. The summed E-state index contributed by atoms with van der Waals surface area (Å²) in [5.74, 6) is 0.304. The van der Waals surface area contributed by atoms with Gasteiger partial charge in [0, 0.05) is 17.5 Å². The van der Waals surface area contributed by atoms with E-state index in [0.29, 0.717) is 22.5 Å². The fourth-order valence-corrected chi connectivity index (χ4v) is 3.13. The van der Waals surface area contributed by atoms with Gasteiger partial charge in [-0.25, -0.2) is 0 Å². The Hall–Kier alpha value is -1.63. The molecule has 1 aliphatic carbocycles. The molecule has 1 unspecified atom stereocenters. The standard InChI is InChI=1S/C16H17ClN4OS/c17-11-3-1-2-4-14(11)23-15-8-7-13(20-21-15)16(22)19-9-12(18)10-5-6-10/h1-4,7-8,10,12H,5-6,9,18H2,(H,19,22). The number of nitrogens with one attached hydrogen (secondary N) is 1. The summed E-state index contributed by atoms with van der Waals surface area (Å²) in [4.78, 5) is 12.9. The second-order valence-corrected chi connectivity index (χ2v) is 6.97. The van der Waals surface area contributed by atoms with Crippen LogP contribution in [0.5, 0.6) is 0 Å². The van der Waals surface area contributed by atoms with Gasteiger partial charge < -0.3 is 11.1 Å². The third-order valence-electron chi connectivity index (χ3n) is 3.65. The molecule has 0 aliphatic heterocycles. The van der Waals surface area contributed by atoms with E-state index in [4.69, 9.17) is 17.3 Å². The first-order chi connectivity index (χ1) is 11.1. The molecule has 1 aliphatic rings. The highest BCUT2D eigenvalue weighted by Gasteiger charge is 2.28. The molecule has 1 aromatic heterocycles. The predicted octanol–water partition coefficient (Wildman–Crippen LogP) is 2.75. The van der Waals surface area contributed by atoms with Crippen LogP contribution in [0.1, 0.15) is 23.3 Å². The molecule has 0 radical (unpaired) electrons. The Morgan fingerprint density at radius 3 is 2.74 bits per heavy atom. The van der Waals surface area contributed by atoms with Gasteiger partial charge in [-0.1, -0.05) is 35.5 Å². The van der Waals surface area contributed by atoms with Crippen LogP contribution < -0.4 is 11.1 Å². The van der Waals surface area contributed by atoms with Crippen molar-refractivity contribution in [1.29, 1.82) is 0 Å². The van der Waals surface area contributed by atoms with Crippen molar-refractivity contribution in [3.63, 3.8) is 0 Å². The van der Waals surface area contributed by atoms with Crippen molar-refractivity contribution in [1.82, 2.24) is 15.5 Å². The second-order valence-electron chi connectivity index (χ2n) is 5.50. The second kappa shape index (κ2) is 7.29. The minimum Gasteiger partial charge on any atom is -0.349 e. The third kappa shape index (κ3) is 4.43. The van der Waals surface area contributed by atoms with Crippen molar-refractivity contribution in [3.8, 4) is 0 Å². The molecule has 1 saturated carbocycles. The van der Waals surface area contributed by atoms with Gasteiger partial charge in [0.25, 0.3) is 5.91 Å². The molecule has 0 spiro atoms. The van der Waals surface area contributed by atoms with Crippen LogP contribution in [0.4, 0.5) is 0 Å². The molecular formula is C16H17ClN4OS. The van der Waals surface area contributed by atoms with E-state index < -0.39 is 0 Å². The fourth-order valence-electron chi connectivity index (χ4n) is 2.13. The minimum absolute atomic E-state index is 0.0296. The highest BCUT2D eigenvalue weighted by atomic mass is 35.5. The number of hydrogen-bond donors (Lipinski definition) is 2. The Labute approximate surface area is 144 Å². The summed E-state index contributed by atoms with van der Waals surface area (Å²) in [6.07, 6.45) is 2.32. The number of halogens is 1. The number of hydrogen-bond acceptors (Lipinski definition) is 5. The lowest BCUT2D eigenvalue weighted by molar-refractivity contribution is 0.0944. The molecule has 1 amide bonds. The molecule has 1 aromatic carbocycles. The minimum atomic E-state index is -0.247. The largest absolute Gasteiger partial charge is 0.349 e. The smallest absolute Gasteiger partial charge is 0.271 e. The number of carbonyl (C=O) groups excluding carboxylic acids is 1. The van der Waals surface area contributed by atoms with Crippen molar-refractivity contribution >= 4 is 29.3 Å². The van der Waals surface area contributed by atoms with E-state index in [1.165, 1.54) is 11.8 Å². The van der Waals surface area contributed by atoms with E-state index in [1.54, 1.807) is 12.1 Å². The summed E-state index contributed by atoms with van der Waals surface area (Å²) in [5.41, 5.74) is 6.25. The van der Waals surface area contributed by atoms with Gasteiger partial charge in [-0.2, -0.15) is 0 Å². The van der Waals surface area contributed by atoms with Crippen LogP contribution in [-0.4, -0.2) is 28.7 Å². The maximum absolute atomic E-state index is 12.0. The number of aromatic nitrogens is 2. The van der Waals surface area contributed by atoms with E-state index >= 15 is 0 Å². The number of nitrogens with zero attached hydrogens (tertiary/aromatic N) is 2. The van der Waals surface area contributed by atoms with Gasteiger partial charge in [0.1, 0.15) is 5.03 Å². The molecule has 7 heteroatoms. The van der Waals surface area contributed by atoms with Gasteiger partial charge in [0.2, 0.25) is 0 Å². The molecule has 5 nitrogen and oxygen atoms in total. The maximum Gasteiger partial charge on any atom is 0.271 e. The van der Waals surface area contributed by atoms with Gasteiger partial charge in [-0.3, -0.25) is 4.79 Å². The van der Waals surface area contributed by atoms with E-state index in [2.05, 4.69) is 15.5 Å². The van der Waals surface area contributed by atoms with Crippen LogP contribution in [-0.2, 0) is 0 Å². The Balaban J connectivity index is 1.58. The molecular weight excluding hydrogens is 332 g/mol. The number of rotatable bonds is 6. The molecule has 3 N–H and O–H groups in total. The zero-order valence-corrected chi connectivity index (χ0v) is 14.0. The third-order valence-corrected chi connectivity index (χ3v) is 5.09. The number of nitrogens with two attached hydrogens (primary N) is 1. The summed E-state index contributed by atoms with van der Waals surface area (Å²) in [6.45, 7) is 0.474. The van der Waals surface area contributed by atoms with Crippen LogP contribution >= 0.6 is 23.4 Å². The van der Waals surface area contributed by atoms with Crippen molar-refractivity contribution in [3.05, 3.63) is 47.1 Å². The summed E-state index contributed by atoms with van der Waals surface area (Å²) in [5, 5.41) is 12.2. The average Bonchev–Trinajstić information content (AvgIpc) is 3.40. The normalized spacial score (nSPS) is 15.2. The predicted molar refractivity (Wildman–Crippen MR) is 90.6 cm³/mol. The Morgan fingerprint density at radius 2 is 2.09 bits per heavy atom. The summed E-state index contributed by atoms with van der Waals surface area (Å²) in [7, 11) is 0. The quantitative estimate of drug-likeness (QED) is 0.839. The van der Waals surface area contributed by atoms with Crippen molar-refractivity contribution < 1.29 is 4.79 Å². The molecule has 0 bridgehead atoms. The molecule has 1 fully saturated rings. The molecule has 2 aromatic rings. The lowest BCUT2D eigenvalue weighted by atomic mass is 10.2. The summed E-state index contributed by atoms with van der Waals surface area (Å²) in [6, 6.07) is 11.0. The summed E-state index contributed by atoms with van der Waals surface area (Å²) < 4.78 is 0. The van der Waals surface area contributed by atoms with E-state index in [-0.39, 0.29) is 17.6 Å². The lowest BCUT2D eigenvalue weighted by Crippen LogP contribution is -2.38. The zero-order chi connectivity index (χ0) is 16.2. The number of benzene rings is 1. The van der Waals surface area contributed by atoms with Gasteiger partial charge >= 0.3 is 0 Å². The molecule has 3 rings (SSSR count). The van der Waals surface area contributed by atoms with E-state index in [9.17, 15) is 4.79 Å². The summed E-state index contributed by atoms with van der Waals surface area (Å²) >= 11 is 7.52. The van der Waals surface area contributed by atoms with Gasteiger partial charge in [0.15, 0.2) is 5.69 Å². The van der Waals surface area contributed by atoms with E-state index in [0.717, 1.165) is 17.7 Å². The van der Waals surface area contributed by atoms with Gasteiger partial charge in [0.05, 0.1) is 5.02 Å². The topological polar surface area (TPSA) is 80.9 Å². The molecule has 1 heterocycles. The molecule has 0 saturated heterocycles. The fraction of sp³-hybridized carbons (Fsp3) is 0.312. The van der Waals surface area contributed by atoms with Crippen molar-refractivity contribution in [2.24, 2.45) is 11.7 Å². The van der Waals surface area contributed by atoms with Crippen LogP contribution in [0.25, 0.3) is 0 Å². The lowest BCUT2D eigenvalue weighted by Gasteiger charge is -2.11. The van der Waals surface area contributed by atoms with Crippen molar-refractivity contribution in [2.75, 3.05) is 6.54 Å². The molecule has 120 valence electrons. The number of carbonyl (C=O) groups is 1. The Bertz CT molecular complexity index is 691. The first kappa shape index (κ1) is 16.2. The van der Waals surface area contributed by atoms with Gasteiger partial charge in [-0.15, -0.1) is 10.2 Å². The SMILES string of the molecule is NC(CNC(=O)c1ccc(Sc2ccccc2Cl)nn1)C1CC1. The van der Waals surface area contributed by atoms with Crippen LogP contribution in [0.3, 0.4) is 0 Å². The zero-order valence-electron chi connectivity index (χ0n) is 12.4. The van der Waals surface area contributed by atoms with Crippen molar-refractivity contribution in [2.45, 2.75) is 28.8 Å². The Morgan fingerprint density at radius 1 is 1.30 bits per heavy atom. The van der Waals surface area contributed by atoms with Crippen LogP contribution in [0.15, 0.2) is 46.3 Å². The first-order valence-corrected chi connectivity index (χ1v) is 8.63. The first-order valence-electron chi connectivity index (χ1n) is 7.43. The van der Waals surface area contributed by atoms with Crippen LogP contribution in [0, 0.1) is 5.92 Å². The molecule has 23 heavy (non-hydrogen) atoms. The van der Waals surface area contributed by atoms with Crippen LogP contribution in [0.2, 0.25) is 5.02 Å².